The maximum Gasteiger partial charge on any atom is 0.143 e. The monoisotopic (exact) mass is 253 g/mol. The van der Waals surface area contributed by atoms with Gasteiger partial charge in [-0.25, -0.2) is 4.39 Å². The lowest BCUT2D eigenvalue weighted by atomic mass is 9.98. The fourth-order valence-electron chi connectivity index (χ4n) is 2.50. The number of aromatic hydroxyl groups is 1. The molecule has 1 aromatic rings. The van der Waals surface area contributed by atoms with Gasteiger partial charge in [-0.15, -0.1) is 0 Å². The van der Waals surface area contributed by atoms with E-state index in [1.807, 2.05) is 13.0 Å². The minimum atomic E-state index is -0.516. The van der Waals surface area contributed by atoms with Gasteiger partial charge in [0.1, 0.15) is 12.4 Å². The Kier molecular flexibility index (Phi) is 4.04. The molecule has 0 aliphatic carbocycles. The Morgan fingerprint density at radius 3 is 2.72 bits per heavy atom. The number of nitrogens with zero attached hydrogens (tertiary/aromatic N) is 1. The first-order chi connectivity index (χ1) is 8.65. The third-order valence-electron chi connectivity index (χ3n) is 3.54. The number of phenols is 1. The summed E-state index contributed by atoms with van der Waals surface area (Å²) < 4.78 is 13.4. The topological polar surface area (TPSA) is 61.5 Å². The van der Waals surface area contributed by atoms with Crippen LogP contribution in [0.2, 0.25) is 0 Å². The summed E-state index contributed by atoms with van der Waals surface area (Å²) in [6, 6.07) is 3.08. The molecule has 1 aliphatic rings. The van der Waals surface area contributed by atoms with Crippen molar-refractivity contribution in [3.05, 3.63) is 23.3 Å². The normalized spacial score (nSPS) is 18.8. The van der Waals surface area contributed by atoms with Crippen LogP contribution in [-0.4, -0.2) is 42.9 Å². The number of nitrogens with two attached hydrogens (primary N) is 1. The standard InChI is InChI=1S/C13H20FN3O/c1-9-2-3-10(15)13(18)12(9)11(8-14)17-6-4-16-5-7-17/h2-3,11,16,18H,4-8,15H2,1H3/t11-/m0/s1. The van der Waals surface area contributed by atoms with Crippen LogP contribution in [0.3, 0.4) is 0 Å². The Morgan fingerprint density at radius 1 is 1.44 bits per heavy atom. The van der Waals surface area contributed by atoms with Crippen molar-refractivity contribution < 1.29 is 9.50 Å². The predicted octanol–water partition coefficient (Wildman–Crippen LogP) is 1.20. The van der Waals surface area contributed by atoms with Gasteiger partial charge in [0.25, 0.3) is 0 Å². The molecular formula is C13H20FN3O. The molecule has 1 atom stereocenters. The maximum atomic E-state index is 13.4. The summed E-state index contributed by atoms with van der Waals surface area (Å²) in [7, 11) is 0. The number of rotatable bonds is 3. The number of piperazine rings is 1. The number of aryl methyl sites for hydroxylation is 1. The fraction of sp³-hybridized carbons (Fsp3) is 0.538. The lowest BCUT2D eigenvalue weighted by molar-refractivity contribution is 0.145. The van der Waals surface area contributed by atoms with Crippen molar-refractivity contribution in [2.75, 3.05) is 38.6 Å². The third-order valence-corrected chi connectivity index (χ3v) is 3.54. The molecule has 1 heterocycles. The Morgan fingerprint density at radius 2 is 2.11 bits per heavy atom. The second-order valence-electron chi connectivity index (χ2n) is 4.69. The molecule has 5 heteroatoms. The van der Waals surface area contributed by atoms with Crippen LogP contribution in [0.5, 0.6) is 5.75 Å². The van der Waals surface area contributed by atoms with Crippen LogP contribution in [-0.2, 0) is 0 Å². The molecule has 4 nitrogen and oxygen atoms in total. The number of halogens is 1. The molecule has 0 unspecified atom stereocenters. The van der Waals surface area contributed by atoms with Crippen molar-refractivity contribution in [2.45, 2.75) is 13.0 Å². The van der Waals surface area contributed by atoms with Crippen LogP contribution >= 0.6 is 0 Å². The van der Waals surface area contributed by atoms with Crippen LogP contribution in [0.1, 0.15) is 17.2 Å². The highest BCUT2D eigenvalue weighted by Crippen LogP contribution is 2.36. The number of hydrogen-bond donors (Lipinski definition) is 3. The zero-order chi connectivity index (χ0) is 13.1. The van der Waals surface area contributed by atoms with E-state index < -0.39 is 12.7 Å². The molecule has 4 N–H and O–H groups in total. The lowest BCUT2D eigenvalue weighted by Crippen LogP contribution is -2.45. The molecule has 0 radical (unpaired) electrons. The van der Waals surface area contributed by atoms with E-state index in [1.165, 1.54) is 0 Å². The minimum absolute atomic E-state index is 0.0242. The van der Waals surface area contributed by atoms with Crippen LogP contribution in [0.25, 0.3) is 0 Å². The smallest absolute Gasteiger partial charge is 0.143 e. The molecule has 1 aromatic carbocycles. The number of hydrogen-bond acceptors (Lipinski definition) is 4. The van der Waals surface area contributed by atoms with Crippen molar-refractivity contribution in [3.8, 4) is 5.75 Å². The molecule has 2 rings (SSSR count). The van der Waals surface area contributed by atoms with Gasteiger partial charge in [0.15, 0.2) is 0 Å². The Hall–Kier alpha value is -1.33. The first-order valence-corrected chi connectivity index (χ1v) is 6.23. The van der Waals surface area contributed by atoms with Crippen LogP contribution < -0.4 is 11.1 Å². The average molecular weight is 253 g/mol. The molecule has 0 amide bonds. The number of benzene rings is 1. The van der Waals surface area contributed by atoms with Gasteiger partial charge in [-0.3, -0.25) is 4.90 Å². The highest BCUT2D eigenvalue weighted by atomic mass is 19.1. The van der Waals surface area contributed by atoms with E-state index in [0.717, 1.165) is 31.7 Å². The number of nitrogens with one attached hydrogen (secondary N) is 1. The van der Waals surface area contributed by atoms with Gasteiger partial charge in [0, 0.05) is 31.7 Å². The van der Waals surface area contributed by atoms with Crippen molar-refractivity contribution in [3.63, 3.8) is 0 Å². The summed E-state index contributed by atoms with van der Waals surface area (Å²) in [5.74, 6) is 0.0242. The summed E-state index contributed by atoms with van der Waals surface area (Å²) in [6.45, 7) is 4.61. The number of nitrogen functional groups attached to an aromatic ring is 1. The summed E-state index contributed by atoms with van der Waals surface area (Å²) in [6.07, 6.45) is 0. The van der Waals surface area contributed by atoms with Crippen LogP contribution in [0, 0.1) is 6.92 Å². The zero-order valence-electron chi connectivity index (χ0n) is 10.6. The number of phenolic OH excluding ortho intramolecular Hbond substituents is 1. The average Bonchev–Trinajstić information content (AvgIpc) is 2.40. The van der Waals surface area contributed by atoms with Crippen molar-refractivity contribution >= 4 is 5.69 Å². The second kappa shape index (κ2) is 5.54. The maximum absolute atomic E-state index is 13.4. The van der Waals surface area contributed by atoms with Crippen molar-refractivity contribution in [2.24, 2.45) is 0 Å². The van der Waals surface area contributed by atoms with E-state index in [0.29, 0.717) is 11.3 Å². The summed E-state index contributed by atoms with van der Waals surface area (Å²) in [5, 5.41) is 13.3. The molecule has 0 spiro atoms. The number of alkyl halides is 1. The van der Waals surface area contributed by atoms with Crippen molar-refractivity contribution in [1.29, 1.82) is 0 Å². The minimum Gasteiger partial charge on any atom is -0.505 e. The van der Waals surface area contributed by atoms with E-state index in [9.17, 15) is 9.50 Å². The first-order valence-electron chi connectivity index (χ1n) is 6.23. The van der Waals surface area contributed by atoms with Gasteiger partial charge < -0.3 is 16.2 Å². The predicted molar refractivity (Wildman–Crippen MR) is 70.4 cm³/mol. The Balaban J connectivity index is 2.34. The van der Waals surface area contributed by atoms with E-state index in [-0.39, 0.29) is 5.75 Å². The molecule has 1 saturated heterocycles. The SMILES string of the molecule is Cc1ccc(N)c(O)c1[C@H](CF)N1CCNCC1. The van der Waals surface area contributed by atoms with Gasteiger partial charge in [-0.2, -0.15) is 0 Å². The van der Waals surface area contributed by atoms with E-state index in [4.69, 9.17) is 5.73 Å². The van der Waals surface area contributed by atoms with Gasteiger partial charge in [-0.05, 0) is 18.6 Å². The molecule has 1 fully saturated rings. The van der Waals surface area contributed by atoms with Gasteiger partial charge in [0.05, 0.1) is 11.7 Å². The van der Waals surface area contributed by atoms with Gasteiger partial charge in [0.2, 0.25) is 0 Å². The molecule has 1 aliphatic heterocycles. The highest BCUT2D eigenvalue weighted by Gasteiger charge is 2.26. The number of anilines is 1. The largest absolute Gasteiger partial charge is 0.505 e. The van der Waals surface area contributed by atoms with E-state index >= 15 is 0 Å². The molecule has 0 saturated carbocycles. The molecular weight excluding hydrogens is 233 g/mol. The quantitative estimate of drug-likeness (QED) is 0.559. The molecule has 0 bridgehead atoms. The molecule has 0 aromatic heterocycles. The lowest BCUT2D eigenvalue weighted by Gasteiger charge is -2.34. The Labute approximate surface area is 107 Å². The first kappa shape index (κ1) is 13.1. The van der Waals surface area contributed by atoms with Crippen molar-refractivity contribution in [1.82, 2.24) is 10.2 Å². The van der Waals surface area contributed by atoms with Gasteiger partial charge >= 0.3 is 0 Å². The highest BCUT2D eigenvalue weighted by molar-refractivity contribution is 5.59. The molecule has 18 heavy (non-hydrogen) atoms. The van der Waals surface area contributed by atoms with E-state index in [1.54, 1.807) is 6.07 Å². The summed E-state index contributed by atoms with van der Waals surface area (Å²) >= 11 is 0. The third kappa shape index (κ3) is 2.42. The Bertz CT molecular complexity index is 419. The second-order valence-corrected chi connectivity index (χ2v) is 4.69. The van der Waals surface area contributed by atoms with Gasteiger partial charge in [-0.1, -0.05) is 6.07 Å². The molecule has 100 valence electrons. The van der Waals surface area contributed by atoms with E-state index in [2.05, 4.69) is 10.2 Å². The summed E-state index contributed by atoms with van der Waals surface area (Å²) in [4.78, 5) is 2.05. The van der Waals surface area contributed by atoms with Crippen LogP contribution in [0.4, 0.5) is 10.1 Å². The summed E-state index contributed by atoms with van der Waals surface area (Å²) in [5.41, 5.74) is 7.52. The van der Waals surface area contributed by atoms with Crippen LogP contribution in [0.15, 0.2) is 12.1 Å². The zero-order valence-corrected chi connectivity index (χ0v) is 10.6. The fourth-order valence-corrected chi connectivity index (χ4v) is 2.50.